The molecule has 2 aliphatic heterocycles. The maximum Gasteiger partial charge on any atom is 0.326 e. The molecule has 3 heterocycles. The fourth-order valence-electron chi connectivity index (χ4n) is 3.96. The zero-order chi connectivity index (χ0) is 15.4. The van der Waals surface area contributed by atoms with E-state index in [1.807, 2.05) is 17.8 Å². The van der Waals surface area contributed by atoms with E-state index in [0.717, 1.165) is 33.0 Å². The number of benzene rings is 1. The van der Waals surface area contributed by atoms with Crippen molar-refractivity contribution in [3.63, 3.8) is 0 Å². The van der Waals surface area contributed by atoms with E-state index in [2.05, 4.69) is 23.0 Å². The van der Waals surface area contributed by atoms with Crippen molar-refractivity contribution in [2.75, 3.05) is 7.05 Å². The average molecular weight is 338 g/mol. The van der Waals surface area contributed by atoms with Gasteiger partial charge in [0.15, 0.2) is 0 Å². The van der Waals surface area contributed by atoms with Gasteiger partial charge in [-0.3, -0.25) is 4.57 Å². The van der Waals surface area contributed by atoms with Gasteiger partial charge in [-0.1, -0.05) is 11.6 Å². The minimum Gasteiger partial charge on any atom is -0.305 e. The fourth-order valence-corrected chi connectivity index (χ4v) is 5.60. The van der Waals surface area contributed by atoms with Crippen molar-refractivity contribution in [3.8, 4) is 0 Å². The van der Waals surface area contributed by atoms with Crippen molar-refractivity contribution in [3.05, 3.63) is 27.6 Å². The van der Waals surface area contributed by atoms with Crippen molar-refractivity contribution >= 4 is 34.4 Å². The van der Waals surface area contributed by atoms with Crippen molar-refractivity contribution in [1.29, 1.82) is 0 Å². The van der Waals surface area contributed by atoms with E-state index in [1.54, 1.807) is 11.6 Å². The number of aryl methyl sites for hydroxylation is 1. The van der Waals surface area contributed by atoms with Crippen molar-refractivity contribution in [1.82, 2.24) is 14.5 Å². The smallest absolute Gasteiger partial charge is 0.305 e. The Morgan fingerprint density at radius 3 is 2.59 bits per heavy atom. The van der Waals surface area contributed by atoms with Gasteiger partial charge in [0, 0.05) is 29.3 Å². The summed E-state index contributed by atoms with van der Waals surface area (Å²) in [7, 11) is 4.05. The lowest BCUT2D eigenvalue weighted by molar-refractivity contribution is 0.183. The molecule has 0 amide bonds. The molecular formula is C16H20ClN3OS. The van der Waals surface area contributed by atoms with Crippen LogP contribution in [0.5, 0.6) is 0 Å². The monoisotopic (exact) mass is 337 g/mol. The third-order valence-electron chi connectivity index (χ3n) is 5.31. The summed E-state index contributed by atoms with van der Waals surface area (Å²) in [5, 5.41) is 1.37. The highest BCUT2D eigenvalue weighted by Gasteiger charge is 2.38. The summed E-state index contributed by atoms with van der Waals surface area (Å²) in [5.41, 5.74) is 1.64. The molecule has 0 aliphatic carbocycles. The molecular weight excluding hydrogens is 318 g/mol. The number of rotatable bonds is 2. The van der Waals surface area contributed by atoms with Crippen LogP contribution in [0, 0.1) is 0 Å². The number of hydrogen-bond donors (Lipinski definition) is 1. The lowest BCUT2D eigenvalue weighted by Crippen LogP contribution is -2.40. The van der Waals surface area contributed by atoms with E-state index in [9.17, 15) is 4.79 Å². The lowest BCUT2D eigenvalue weighted by Gasteiger charge is -2.36. The highest BCUT2D eigenvalue weighted by molar-refractivity contribution is 8.00. The number of fused-ring (bicyclic) bond motifs is 3. The van der Waals surface area contributed by atoms with Gasteiger partial charge in [0.05, 0.1) is 16.1 Å². The predicted octanol–water partition coefficient (Wildman–Crippen LogP) is 3.24. The highest BCUT2D eigenvalue weighted by atomic mass is 35.5. The summed E-state index contributed by atoms with van der Waals surface area (Å²) in [6.07, 6.45) is 5.13. The number of imidazole rings is 1. The molecule has 4 rings (SSSR count). The first-order valence-electron chi connectivity index (χ1n) is 7.80. The molecule has 2 bridgehead atoms. The first kappa shape index (κ1) is 14.7. The number of nitrogens with zero attached hydrogens (tertiary/aromatic N) is 2. The summed E-state index contributed by atoms with van der Waals surface area (Å²) in [6, 6.07) is 5.40. The molecule has 2 aromatic rings. The molecule has 1 aromatic heterocycles. The summed E-state index contributed by atoms with van der Waals surface area (Å²) < 4.78 is 1.65. The maximum atomic E-state index is 11.7. The molecule has 2 aliphatic rings. The van der Waals surface area contributed by atoms with Crippen LogP contribution in [-0.2, 0) is 7.05 Å². The van der Waals surface area contributed by atoms with E-state index in [-0.39, 0.29) is 5.69 Å². The zero-order valence-corrected chi connectivity index (χ0v) is 14.4. The maximum absolute atomic E-state index is 11.7. The van der Waals surface area contributed by atoms with Gasteiger partial charge in [-0.15, -0.1) is 11.8 Å². The molecule has 4 nitrogen and oxygen atoms in total. The second-order valence-corrected chi connectivity index (χ2v) is 8.30. The number of thioether (sulfide) groups is 1. The molecule has 22 heavy (non-hydrogen) atoms. The van der Waals surface area contributed by atoms with Gasteiger partial charge in [0.2, 0.25) is 0 Å². The second-order valence-electron chi connectivity index (χ2n) is 6.55. The first-order chi connectivity index (χ1) is 10.5. The largest absolute Gasteiger partial charge is 0.326 e. The van der Waals surface area contributed by atoms with E-state index in [1.165, 1.54) is 25.7 Å². The molecule has 0 saturated carbocycles. The summed E-state index contributed by atoms with van der Waals surface area (Å²) in [4.78, 5) is 18.2. The van der Waals surface area contributed by atoms with Crippen LogP contribution in [0.25, 0.3) is 11.0 Å². The number of aromatic nitrogens is 2. The Bertz CT molecular complexity index is 770. The van der Waals surface area contributed by atoms with Gasteiger partial charge in [0.25, 0.3) is 0 Å². The Morgan fingerprint density at radius 1 is 1.23 bits per heavy atom. The number of H-pyrrole nitrogens is 1. The Balaban J connectivity index is 1.63. The third kappa shape index (κ3) is 2.30. The topological polar surface area (TPSA) is 41.0 Å². The van der Waals surface area contributed by atoms with Crippen LogP contribution in [-0.4, -0.2) is 38.8 Å². The first-order valence-corrected chi connectivity index (χ1v) is 9.05. The normalized spacial score (nSPS) is 28.6. The quantitative estimate of drug-likeness (QED) is 0.914. The van der Waals surface area contributed by atoms with Crippen LogP contribution < -0.4 is 5.69 Å². The number of aromatic amines is 1. The molecule has 1 N–H and O–H groups in total. The lowest BCUT2D eigenvalue weighted by atomic mass is 10.0. The molecule has 118 valence electrons. The van der Waals surface area contributed by atoms with Crippen LogP contribution >= 0.6 is 23.4 Å². The number of nitrogens with one attached hydrogen (secondary N) is 1. The summed E-state index contributed by atoms with van der Waals surface area (Å²) >= 11 is 8.32. The van der Waals surface area contributed by atoms with Gasteiger partial charge < -0.3 is 9.88 Å². The van der Waals surface area contributed by atoms with Crippen LogP contribution in [0.4, 0.5) is 0 Å². The molecule has 6 heteroatoms. The Morgan fingerprint density at radius 2 is 1.91 bits per heavy atom. The molecule has 2 fully saturated rings. The van der Waals surface area contributed by atoms with Crippen LogP contribution in [0.15, 0.2) is 21.8 Å². The minimum atomic E-state index is -0.0921. The van der Waals surface area contributed by atoms with E-state index < -0.39 is 0 Å². The molecule has 1 aromatic carbocycles. The van der Waals surface area contributed by atoms with Crippen molar-refractivity contribution in [2.45, 2.75) is 47.9 Å². The summed E-state index contributed by atoms with van der Waals surface area (Å²) in [5.74, 6) is 0. The molecule has 0 spiro atoms. The third-order valence-corrected chi connectivity index (χ3v) is 7.04. The van der Waals surface area contributed by atoms with Crippen LogP contribution in [0.3, 0.4) is 0 Å². The number of hydrogen-bond acceptors (Lipinski definition) is 3. The molecule has 2 saturated heterocycles. The van der Waals surface area contributed by atoms with E-state index >= 15 is 0 Å². The molecule has 0 radical (unpaired) electrons. The van der Waals surface area contributed by atoms with Gasteiger partial charge >= 0.3 is 5.69 Å². The van der Waals surface area contributed by atoms with Crippen molar-refractivity contribution < 1.29 is 0 Å². The van der Waals surface area contributed by atoms with Gasteiger partial charge in [-0.2, -0.15) is 0 Å². The van der Waals surface area contributed by atoms with E-state index in [4.69, 9.17) is 11.6 Å². The van der Waals surface area contributed by atoms with Crippen LogP contribution in [0.1, 0.15) is 25.7 Å². The Labute approximate surface area is 138 Å². The molecule has 3 atom stereocenters. The standard InChI is InChI=1S/C16H20ClN3OS/c1-19-9-3-4-10(19)6-11(5-9)22-15-8-14-13(7-12(15)17)18-16(21)20(14)2/h7-11H,3-6H2,1-2H3,(H,18,21)/t9-,10+,11-. The average Bonchev–Trinajstić information content (AvgIpc) is 2.85. The Kier molecular flexibility index (Phi) is 3.55. The molecule has 0 unspecified atom stereocenters. The SMILES string of the molecule is CN1[C@@H]2CC[C@H]1C[C@H](Sc1cc3c(cc1Cl)[nH]c(=O)n3C)C2. The van der Waals surface area contributed by atoms with Crippen LogP contribution in [0.2, 0.25) is 5.02 Å². The number of halogens is 1. The zero-order valence-electron chi connectivity index (χ0n) is 12.8. The fraction of sp³-hybridized carbons (Fsp3) is 0.562. The Hall–Kier alpha value is -0.910. The van der Waals surface area contributed by atoms with Gasteiger partial charge in [-0.05, 0) is 44.9 Å². The predicted molar refractivity (Wildman–Crippen MR) is 92.0 cm³/mol. The van der Waals surface area contributed by atoms with Gasteiger partial charge in [0.1, 0.15) is 0 Å². The minimum absolute atomic E-state index is 0.0921. The van der Waals surface area contributed by atoms with Gasteiger partial charge in [-0.25, -0.2) is 4.79 Å². The highest BCUT2D eigenvalue weighted by Crippen LogP contribution is 2.43. The van der Waals surface area contributed by atoms with Crippen molar-refractivity contribution in [2.24, 2.45) is 7.05 Å². The second kappa shape index (κ2) is 5.32. The summed E-state index contributed by atoms with van der Waals surface area (Å²) in [6.45, 7) is 0. The van der Waals surface area contributed by atoms with E-state index in [0.29, 0.717) is 5.25 Å². The number of piperidine rings is 1.